The molecule has 10 heteroatoms. The Morgan fingerprint density at radius 1 is 1.55 bits per heavy atom. The molecule has 10 nitrogen and oxygen atoms in total. The number of H-pyrrole nitrogens is 1. The summed E-state index contributed by atoms with van der Waals surface area (Å²) >= 11 is 0. The molecule has 0 spiro atoms. The number of carbonyl (C=O) groups is 1. The zero-order chi connectivity index (χ0) is 15.9. The fraction of sp³-hybridized carbons (Fsp3) is 0.500. The van der Waals surface area contributed by atoms with Gasteiger partial charge in [0.15, 0.2) is 23.5 Å². The number of aromatic nitrogens is 4. The summed E-state index contributed by atoms with van der Waals surface area (Å²) in [4.78, 5) is 33.1. The van der Waals surface area contributed by atoms with Gasteiger partial charge in [-0.2, -0.15) is 0 Å². The Kier molecular flexibility index (Phi) is 3.64. The van der Waals surface area contributed by atoms with Gasteiger partial charge in [-0.1, -0.05) is 0 Å². The molecule has 3 heterocycles. The van der Waals surface area contributed by atoms with Gasteiger partial charge in [0.05, 0.1) is 19.3 Å². The van der Waals surface area contributed by atoms with Gasteiger partial charge < -0.3 is 24.7 Å². The molecule has 4 atom stereocenters. The lowest BCUT2D eigenvalue weighted by Gasteiger charge is -2.18. The van der Waals surface area contributed by atoms with Crippen LogP contribution in [0.5, 0.6) is 0 Å². The Labute approximate surface area is 123 Å². The second-order valence-electron chi connectivity index (χ2n) is 4.87. The van der Waals surface area contributed by atoms with Crippen LogP contribution < -0.4 is 5.56 Å². The second kappa shape index (κ2) is 5.48. The quantitative estimate of drug-likeness (QED) is 0.570. The standard InChI is InChI=1S/C12H14N4O6/c1-5(18)21-9-6(2-17)22-12(8(9)19)16-4-15-7-10(16)13-3-14-11(7)20/h3-4,6,8-9,12,17,19H,2H2,1H3,(H,13,14,20)/t6-,8-,9-,12-/m1/s1. The van der Waals surface area contributed by atoms with Crippen molar-refractivity contribution >= 4 is 17.1 Å². The monoisotopic (exact) mass is 310 g/mol. The Hall–Kier alpha value is -2.30. The van der Waals surface area contributed by atoms with Crippen LogP contribution in [0.2, 0.25) is 0 Å². The van der Waals surface area contributed by atoms with Gasteiger partial charge in [-0.05, 0) is 0 Å². The highest BCUT2D eigenvalue weighted by atomic mass is 16.6. The summed E-state index contributed by atoms with van der Waals surface area (Å²) in [6.07, 6.45) is -1.63. The predicted octanol–water partition coefficient (Wildman–Crippen LogP) is -1.70. The number of hydrogen-bond donors (Lipinski definition) is 3. The van der Waals surface area contributed by atoms with E-state index < -0.39 is 42.7 Å². The van der Waals surface area contributed by atoms with Crippen molar-refractivity contribution in [2.75, 3.05) is 6.61 Å². The topological polar surface area (TPSA) is 140 Å². The van der Waals surface area contributed by atoms with E-state index in [1.54, 1.807) is 0 Å². The molecule has 0 aromatic carbocycles. The molecule has 3 N–H and O–H groups in total. The Morgan fingerprint density at radius 2 is 2.32 bits per heavy atom. The van der Waals surface area contributed by atoms with Gasteiger partial charge in [-0.25, -0.2) is 9.97 Å². The van der Waals surface area contributed by atoms with Crippen LogP contribution in [0.3, 0.4) is 0 Å². The van der Waals surface area contributed by atoms with E-state index in [0.717, 1.165) is 0 Å². The van der Waals surface area contributed by atoms with Gasteiger partial charge in [0.2, 0.25) is 0 Å². The van der Waals surface area contributed by atoms with Crippen LogP contribution in [0.25, 0.3) is 11.2 Å². The average molecular weight is 310 g/mol. The van der Waals surface area contributed by atoms with Crippen molar-refractivity contribution < 1.29 is 24.5 Å². The molecule has 0 saturated carbocycles. The number of aliphatic hydroxyl groups excluding tert-OH is 2. The zero-order valence-corrected chi connectivity index (χ0v) is 11.5. The van der Waals surface area contributed by atoms with Gasteiger partial charge >= 0.3 is 5.97 Å². The molecule has 0 amide bonds. The molecule has 0 bridgehead atoms. The molecule has 2 aromatic rings. The van der Waals surface area contributed by atoms with Gasteiger partial charge in [-0.3, -0.25) is 14.2 Å². The molecule has 2 aromatic heterocycles. The van der Waals surface area contributed by atoms with E-state index in [9.17, 15) is 19.8 Å². The van der Waals surface area contributed by atoms with E-state index in [-0.39, 0.29) is 11.2 Å². The highest BCUT2D eigenvalue weighted by molar-refractivity contribution is 5.69. The smallest absolute Gasteiger partial charge is 0.303 e. The number of nitrogens with one attached hydrogen (secondary N) is 1. The van der Waals surface area contributed by atoms with Crippen LogP contribution >= 0.6 is 0 Å². The van der Waals surface area contributed by atoms with Crippen molar-refractivity contribution in [3.05, 3.63) is 23.0 Å². The number of carbonyl (C=O) groups excluding carboxylic acids is 1. The summed E-state index contributed by atoms with van der Waals surface area (Å²) in [5.74, 6) is -0.600. The van der Waals surface area contributed by atoms with E-state index in [0.29, 0.717) is 0 Å². The van der Waals surface area contributed by atoms with Gasteiger partial charge in [0.1, 0.15) is 12.2 Å². The minimum atomic E-state index is -1.24. The fourth-order valence-corrected chi connectivity index (χ4v) is 2.48. The Bertz CT molecular complexity index is 755. The molecule has 1 saturated heterocycles. The van der Waals surface area contributed by atoms with E-state index in [1.807, 2.05) is 0 Å². The number of esters is 1. The molecule has 118 valence electrons. The first kappa shape index (κ1) is 14.6. The number of imidazole rings is 1. The largest absolute Gasteiger partial charge is 0.457 e. The summed E-state index contributed by atoms with van der Waals surface area (Å²) < 4.78 is 11.9. The first-order chi connectivity index (χ1) is 10.5. The van der Waals surface area contributed by atoms with E-state index in [1.165, 1.54) is 24.1 Å². The van der Waals surface area contributed by atoms with Crippen LogP contribution in [0.15, 0.2) is 17.4 Å². The maximum atomic E-state index is 11.6. The molecular formula is C12H14N4O6. The highest BCUT2D eigenvalue weighted by Gasteiger charge is 2.47. The Balaban J connectivity index is 1.99. The molecule has 0 radical (unpaired) electrons. The maximum Gasteiger partial charge on any atom is 0.303 e. The lowest BCUT2D eigenvalue weighted by atomic mass is 10.1. The summed E-state index contributed by atoms with van der Waals surface area (Å²) in [6.45, 7) is 0.758. The van der Waals surface area contributed by atoms with Crippen LogP contribution in [0.1, 0.15) is 13.2 Å². The lowest BCUT2D eigenvalue weighted by molar-refractivity contribution is -0.153. The molecule has 0 aliphatic carbocycles. The van der Waals surface area contributed by atoms with Crippen LogP contribution in [-0.4, -0.2) is 60.6 Å². The van der Waals surface area contributed by atoms with Gasteiger partial charge in [0, 0.05) is 6.92 Å². The maximum absolute atomic E-state index is 11.6. The Morgan fingerprint density at radius 3 is 3.00 bits per heavy atom. The fourth-order valence-electron chi connectivity index (χ4n) is 2.48. The molecule has 1 fully saturated rings. The summed E-state index contributed by atoms with van der Waals surface area (Å²) in [5, 5.41) is 19.6. The highest BCUT2D eigenvalue weighted by Crippen LogP contribution is 2.32. The van der Waals surface area contributed by atoms with Gasteiger partial charge in [0.25, 0.3) is 5.56 Å². The summed E-state index contributed by atoms with van der Waals surface area (Å²) in [5.41, 5.74) is -0.116. The van der Waals surface area contributed by atoms with Crippen molar-refractivity contribution in [2.45, 2.75) is 31.5 Å². The van der Waals surface area contributed by atoms with Crippen LogP contribution in [0, 0.1) is 0 Å². The van der Waals surface area contributed by atoms with Crippen LogP contribution in [-0.2, 0) is 14.3 Å². The minimum Gasteiger partial charge on any atom is -0.457 e. The number of rotatable bonds is 3. The molecule has 22 heavy (non-hydrogen) atoms. The van der Waals surface area contributed by atoms with E-state index in [4.69, 9.17) is 9.47 Å². The number of aromatic amines is 1. The molecule has 1 aliphatic rings. The summed E-state index contributed by atoms with van der Waals surface area (Å²) in [7, 11) is 0. The van der Waals surface area contributed by atoms with Crippen LogP contribution in [0.4, 0.5) is 0 Å². The number of hydrogen-bond acceptors (Lipinski definition) is 8. The minimum absolute atomic E-state index is 0.0924. The normalized spacial score (nSPS) is 28.1. The first-order valence-electron chi connectivity index (χ1n) is 6.54. The van der Waals surface area contributed by atoms with Crippen molar-refractivity contribution in [3.8, 4) is 0 Å². The zero-order valence-electron chi connectivity index (χ0n) is 11.5. The molecule has 1 aliphatic heterocycles. The molecule has 0 unspecified atom stereocenters. The van der Waals surface area contributed by atoms with Crippen molar-refractivity contribution in [1.82, 2.24) is 19.5 Å². The van der Waals surface area contributed by atoms with Gasteiger partial charge in [-0.15, -0.1) is 0 Å². The number of nitrogens with zero attached hydrogens (tertiary/aromatic N) is 3. The lowest BCUT2D eigenvalue weighted by Crippen LogP contribution is -2.37. The third-order valence-corrected chi connectivity index (χ3v) is 3.43. The summed E-state index contributed by atoms with van der Waals surface area (Å²) in [6, 6.07) is 0. The number of aliphatic hydroxyl groups is 2. The van der Waals surface area contributed by atoms with Crippen molar-refractivity contribution in [2.24, 2.45) is 0 Å². The average Bonchev–Trinajstić information content (AvgIpc) is 3.02. The molecule has 3 rings (SSSR count). The third kappa shape index (κ3) is 2.26. The first-order valence-corrected chi connectivity index (χ1v) is 6.54. The van der Waals surface area contributed by atoms with E-state index >= 15 is 0 Å². The van der Waals surface area contributed by atoms with Crippen molar-refractivity contribution in [1.29, 1.82) is 0 Å². The third-order valence-electron chi connectivity index (χ3n) is 3.43. The second-order valence-corrected chi connectivity index (χ2v) is 4.87. The predicted molar refractivity (Wildman–Crippen MR) is 70.7 cm³/mol. The molecular weight excluding hydrogens is 296 g/mol. The van der Waals surface area contributed by atoms with Crippen molar-refractivity contribution in [3.63, 3.8) is 0 Å². The number of ether oxygens (including phenoxy) is 2. The number of fused-ring (bicyclic) bond motifs is 1. The SMILES string of the molecule is CC(=O)O[C@H]1[C@@H](O)[C@H](n2cnc3c(=O)[nH]cnc32)O[C@@H]1CO. The van der Waals surface area contributed by atoms with E-state index in [2.05, 4.69) is 15.0 Å².